The first kappa shape index (κ1) is 16.0. The topological polar surface area (TPSA) is 69.6 Å². The largest absolute Gasteiger partial charge is 0.465 e. The monoisotopic (exact) mass is 346 g/mol. The van der Waals surface area contributed by atoms with E-state index in [0.717, 1.165) is 69.2 Å². The molecule has 2 atom stereocenters. The van der Waals surface area contributed by atoms with Crippen molar-refractivity contribution in [2.75, 3.05) is 6.54 Å². The number of piperidine rings is 1. The highest BCUT2D eigenvalue weighted by Gasteiger charge is 2.54. The summed E-state index contributed by atoms with van der Waals surface area (Å²) in [7, 11) is 0. The van der Waals surface area contributed by atoms with Crippen molar-refractivity contribution in [1.82, 2.24) is 10.2 Å². The van der Waals surface area contributed by atoms with Crippen molar-refractivity contribution in [1.29, 1.82) is 0 Å². The maximum atomic E-state index is 13.1. The van der Waals surface area contributed by atoms with Gasteiger partial charge in [-0.05, 0) is 87.9 Å². The molecule has 6 rings (SSSR count). The molecule has 4 aliphatic carbocycles. The van der Waals surface area contributed by atoms with Gasteiger partial charge in [0.25, 0.3) is 0 Å². The van der Waals surface area contributed by atoms with Crippen molar-refractivity contribution in [3.05, 3.63) is 0 Å². The summed E-state index contributed by atoms with van der Waals surface area (Å²) in [4.78, 5) is 26.2. The average molecular weight is 346 g/mol. The third-order valence-electron chi connectivity index (χ3n) is 8.12. The summed E-state index contributed by atoms with van der Waals surface area (Å²) < 4.78 is 0. The lowest BCUT2D eigenvalue weighted by molar-refractivity contribution is -0.146. The van der Waals surface area contributed by atoms with E-state index in [1.165, 1.54) is 19.3 Å². The molecule has 6 bridgehead atoms. The third-order valence-corrected chi connectivity index (χ3v) is 8.12. The fourth-order valence-electron chi connectivity index (χ4n) is 7.58. The first-order valence-corrected chi connectivity index (χ1v) is 10.3. The summed E-state index contributed by atoms with van der Waals surface area (Å²) in [6.45, 7) is 0.751. The number of fused-ring (bicyclic) bond motifs is 2. The molecule has 2 heterocycles. The lowest BCUT2D eigenvalue weighted by Crippen LogP contribution is -2.54. The fraction of sp³-hybridized carbons (Fsp3) is 0.900. The van der Waals surface area contributed by atoms with E-state index < -0.39 is 6.09 Å². The van der Waals surface area contributed by atoms with Gasteiger partial charge in [-0.2, -0.15) is 0 Å². The number of hydrogen-bond donors (Lipinski definition) is 2. The molecule has 5 nitrogen and oxygen atoms in total. The first-order chi connectivity index (χ1) is 12.0. The van der Waals surface area contributed by atoms with Crippen molar-refractivity contribution < 1.29 is 14.7 Å². The molecule has 0 aromatic heterocycles. The number of amides is 2. The molecule has 0 spiro atoms. The molecule has 5 heteroatoms. The molecule has 2 aliphatic heterocycles. The quantitative estimate of drug-likeness (QED) is 0.824. The third kappa shape index (κ3) is 2.57. The lowest BCUT2D eigenvalue weighted by Gasteiger charge is -2.55. The van der Waals surface area contributed by atoms with Crippen LogP contribution in [0.4, 0.5) is 4.79 Å². The Morgan fingerprint density at radius 2 is 1.44 bits per heavy atom. The molecule has 2 saturated heterocycles. The van der Waals surface area contributed by atoms with Crippen LogP contribution in [0.3, 0.4) is 0 Å². The van der Waals surface area contributed by atoms with Crippen LogP contribution in [0, 0.1) is 29.1 Å². The summed E-state index contributed by atoms with van der Waals surface area (Å²) >= 11 is 0. The van der Waals surface area contributed by atoms with Gasteiger partial charge in [0, 0.05) is 24.0 Å². The van der Waals surface area contributed by atoms with Crippen molar-refractivity contribution >= 4 is 12.0 Å². The minimum Gasteiger partial charge on any atom is -0.465 e. The Labute approximate surface area is 149 Å². The molecular weight excluding hydrogens is 316 g/mol. The number of nitrogens with zero attached hydrogens (tertiary/aromatic N) is 1. The van der Waals surface area contributed by atoms with E-state index in [4.69, 9.17) is 0 Å². The molecule has 25 heavy (non-hydrogen) atoms. The van der Waals surface area contributed by atoms with Crippen LogP contribution in [0.2, 0.25) is 0 Å². The van der Waals surface area contributed by atoms with Crippen LogP contribution in [0.25, 0.3) is 0 Å². The maximum absolute atomic E-state index is 13.1. The second-order valence-corrected chi connectivity index (χ2v) is 9.82. The maximum Gasteiger partial charge on any atom is 0.407 e. The number of carbonyl (C=O) groups is 2. The minimum absolute atomic E-state index is 0.0600. The first-order valence-electron chi connectivity index (χ1n) is 10.3. The Bertz CT molecular complexity index is 540. The predicted molar refractivity (Wildman–Crippen MR) is 93.0 cm³/mol. The van der Waals surface area contributed by atoms with E-state index in [2.05, 4.69) is 5.32 Å². The Morgan fingerprint density at radius 1 is 0.920 bits per heavy atom. The van der Waals surface area contributed by atoms with E-state index >= 15 is 0 Å². The molecule has 0 radical (unpaired) electrons. The number of carbonyl (C=O) groups excluding carboxylic acids is 1. The predicted octanol–water partition coefficient (Wildman–Crippen LogP) is 3.24. The van der Waals surface area contributed by atoms with Crippen LogP contribution < -0.4 is 5.32 Å². The normalized spacial score (nSPS) is 47.1. The van der Waals surface area contributed by atoms with Crippen molar-refractivity contribution in [3.63, 3.8) is 0 Å². The smallest absolute Gasteiger partial charge is 0.407 e. The number of rotatable bonds is 3. The summed E-state index contributed by atoms with van der Waals surface area (Å²) in [6, 6.07) is 0.357. The molecule has 6 fully saturated rings. The summed E-state index contributed by atoms with van der Waals surface area (Å²) in [5.74, 6) is 3.16. The summed E-state index contributed by atoms with van der Waals surface area (Å²) in [5.41, 5.74) is -0.0600. The van der Waals surface area contributed by atoms with Crippen LogP contribution in [-0.2, 0) is 4.79 Å². The summed E-state index contributed by atoms with van der Waals surface area (Å²) in [5, 5.41) is 12.7. The SMILES string of the molecule is O=C(O)N1C2CCC1CC(CNC(=O)C13CC4CC(CC(C4)C1)C3)C2. The average Bonchev–Trinajstić information content (AvgIpc) is 2.83. The Kier molecular flexibility index (Phi) is 3.58. The van der Waals surface area contributed by atoms with Gasteiger partial charge in [-0.3, -0.25) is 4.79 Å². The van der Waals surface area contributed by atoms with E-state index in [-0.39, 0.29) is 17.5 Å². The van der Waals surface area contributed by atoms with Gasteiger partial charge in [-0.1, -0.05) is 0 Å². The van der Waals surface area contributed by atoms with Crippen molar-refractivity contribution in [2.24, 2.45) is 29.1 Å². The van der Waals surface area contributed by atoms with Gasteiger partial charge in [-0.25, -0.2) is 4.79 Å². The highest BCUT2D eigenvalue weighted by molar-refractivity contribution is 5.83. The van der Waals surface area contributed by atoms with Gasteiger partial charge in [-0.15, -0.1) is 0 Å². The van der Waals surface area contributed by atoms with E-state index in [1.807, 2.05) is 0 Å². The van der Waals surface area contributed by atoms with Gasteiger partial charge < -0.3 is 15.3 Å². The van der Waals surface area contributed by atoms with Gasteiger partial charge in [0.15, 0.2) is 0 Å². The molecule has 2 N–H and O–H groups in total. The molecule has 2 amide bonds. The second kappa shape index (κ2) is 5.62. The molecule has 4 saturated carbocycles. The van der Waals surface area contributed by atoms with Crippen LogP contribution in [0.15, 0.2) is 0 Å². The zero-order valence-corrected chi connectivity index (χ0v) is 15.0. The standard InChI is InChI=1S/C20H30N2O3/c23-18(20-8-12-3-13(9-20)5-14(4-12)10-20)21-11-15-6-16-1-2-17(7-15)22(16)19(24)25/h12-17H,1-11H2,(H,21,23)(H,24,25). The van der Waals surface area contributed by atoms with Crippen LogP contribution >= 0.6 is 0 Å². The van der Waals surface area contributed by atoms with Gasteiger partial charge in [0.2, 0.25) is 5.91 Å². The van der Waals surface area contributed by atoms with Crippen LogP contribution in [0.5, 0.6) is 0 Å². The highest BCUT2D eigenvalue weighted by atomic mass is 16.4. The summed E-state index contributed by atoms with van der Waals surface area (Å²) in [6.07, 6.45) is 10.5. The zero-order chi connectivity index (χ0) is 17.2. The molecule has 2 unspecified atom stereocenters. The Balaban J connectivity index is 1.20. The fourth-order valence-corrected chi connectivity index (χ4v) is 7.58. The Morgan fingerprint density at radius 3 is 1.92 bits per heavy atom. The van der Waals surface area contributed by atoms with Crippen LogP contribution in [0.1, 0.15) is 64.2 Å². The van der Waals surface area contributed by atoms with Gasteiger partial charge in [0.05, 0.1) is 0 Å². The number of hydrogen-bond acceptors (Lipinski definition) is 2. The van der Waals surface area contributed by atoms with Crippen molar-refractivity contribution in [2.45, 2.75) is 76.3 Å². The van der Waals surface area contributed by atoms with Crippen molar-refractivity contribution in [3.8, 4) is 0 Å². The molecular formula is C20H30N2O3. The van der Waals surface area contributed by atoms with Gasteiger partial charge in [0.1, 0.15) is 0 Å². The van der Waals surface area contributed by atoms with E-state index in [0.29, 0.717) is 11.8 Å². The van der Waals surface area contributed by atoms with Gasteiger partial charge >= 0.3 is 6.09 Å². The molecule has 6 aliphatic rings. The Hall–Kier alpha value is -1.26. The minimum atomic E-state index is -0.761. The highest BCUT2D eigenvalue weighted by Crippen LogP contribution is 2.60. The number of carboxylic acid groups (broad SMARTS) is 1. The second-order valence-electron chi connectivity index (χ2n) is 9.82. The lowest BCUT2D eigenvalue weighted by atomic mass is 9.49. The molecule has 138 valence electrons. The number of nitrogens with one attached hydrogen (secondary N) is 1. The molecule has 0 aromatic rings. The van der Waals surface area contributed by atoms with E-state index in [1.54, 1.807) is 4.90 Å². The van der Waals surface area contributed by atoms with Crippen LogP contribution in [-0.4, -0.2) is 40.6 Å². The zero-order valence-electron chi connectivity index (χ0n) is 15.0. The van der Waals surface area contributed by atoms with E-state index in [9.17, 15) is 14.7 Å². The molecule has 0 aromatic carbocycles.